The molecular formula is C54H48N2. The van der Waals surface area contributed by atoms with Gasteiger partial charge in [0.25, 0.3) is 0 Å². The Morgan fingerprint density at radius 1 is 0.393 bits per heavy atom. The van der Waals surface area contributed by atoms with Gasteiger partial charge in [0, 0.05) is 45.0 Å². The van der Waals surface area contributed by atoms with E-state index in [9.17, 15) is 0 Å². The Labute approximate surface area is 332 Å². The molecule has 274 valence electrons. The zero-order valence-corrected chi connectivity index (χ0v) is 33.2. The summed E-state index contributed by atoms with van der Waals surface area (Å²) in [7, 11) is 0. The van der Waals surface area contributed by atoms with E-state index >= 15 is 0 Å². The molecule has 0 saturated heterocycles. The summed E-state index contributed by atoms with van der Waals surface area (Å²) in [6.45, 7) is 13.8. The van der Waals surface area contributed by atoms with E-state index in [-0.39, 0.29) is 10.8 Å². The maximum Gasteiger partial charge on any atom is 0.0465 e. The second kappa shape index (κ2) is 13.7. The fourth-order valence-corrected chi connectivity index (χ4v) is 9.03. The van der Waals surface area contributed by atoms with Gasteiger partial charge in [-0.05, 0) is 137 Å². The third kappa shape index (κ3) is 5.80. The zero-order valence-electron chi connectivity index (χ0n) is 33.2. The first kappa shape index (κ1) is 35.3. The van der Waals surface area contributed by atoms with Crippen LogP contribution in [0.3, 0.4) is 0 Å². The molecule has 7 aromatic rings. The van der Waals surface area contributed by atoms with Crippen molar-refractivity contribution >= 4 is 39.7 Å². The van der Waals surface area contributed by atoms with Crippen molar-refractivity contribution in [3.8, 4) is 22.3 Å². The van der Waals surface area contributed by atoms with E-state index in [0.717, 1.165) is 34.1 Å². The van der Waals surface area contributed by atoms with Crippen LogP contribution in [-0.4, -0.2) is 0 Å². The molecule has 0 bridgehead atoms. The number of anilines is 6. The Kier molecular flexibility index (Phi) is 8.66. The van der Waals surface area contributed by atoms with Gasteiger partial charge in [0.05, 0.1) is 0 Å². The molecule has 2 aliphatic carbocycles. The Morgan fingerprint density at radius 3 is 1.32 bits per heavy atom. The van der Waals surface area contributed by atoms with Gasteiger partial charge in [-0.15, -0.1) is 0 Å². The van der Waals surface area contributed by atoms with Crippen LogP contribution in [-0.2, 0) is 10.8 Å². The largest absolute Gasteiger partial charge is 0.310 e. The van der Waals surface area contributed by atoms with Crippen LogP contribution in [0.4, 0.5) is 34.1 Å². The molecule has 0 atom stereocenters. The van der Waals surface area contributed by atoms with Crippen LogP contribution in [0.1, 0.15) is 63.8 Å². The van der Waals surface area contributed by atoms with Crippen LogP contribution >= 0.6 is 0 Å². The highest BCUT2D eigenvalue weighted by molar-refractivity contribution is 5.89. The molecule has 2 nitrogen and oxygen atoms in total. The van der Waals surface area contributed by atoms with Crippen molar-refractivity contribution in [2.45, 2.75) is 52.4 Å². The lowest BCUT2D eigenvalue weighted by molar-refractivity contribution is 0.639. The molecule has 0 spiro atoms. The first-order chi connectivity index (χ1) is 27.2. The van der Waals surface area contributed by atoms with Crippen molar-refractivity contribution in [3.63, 3.8) is 0 Å². The first-order valence-electron chi connectivity index (χ1n) is 19.8. The van der Waals surface area contributed by atoms with Crippen molar-refractivity contribution in [1.82, 2.24) is 0 Å². The molecule has 0 radical (unpaired) electrons. The lowest BCUT2D eigenvalue weighted by atomic mass is 9.82. The summed E-state index contributed by atoms with van der Waals surface area (Å²) in [6, 6.07) is 62.2. The average Bonchev–Trinajstić information content (AvgIpc) is 3.57. The van der Waals surface area contributed by atoms with Gasteiger partial charge in [0.1, 0.15) is 0 Å². The number of allylic oxidation sites excluding steroid dienone is 4. The van der Waals surface area contributed by atoms with Gasteiger partial charge >= 0.3 is 0 Å². The number of hydrogen-bond acceptors (Lipinski definition) is 2. The van der Waals surface area contributed by atoms with E-state index in [0.29, 0.717) is 0 Å². The lowest BCUT2D eigenvalue weighted by Gasteiger charge is -2.29. The van der Waals surface area contributed by atoms with E-state index in [1.54, 1.807) is 0 Å². The summed E-state index contributed by atoms with van der Waals surface area (Å²) in [6.07, 6.45) is 4.41. The Bertz CT molecular complexity index is 2630. The number of nitrogens with zero attached hydrogens (tertiary/aromatic N) is 2. The predicted octanol–water partition coefficient (Wildman–Crippen LogP) is 15.2. The van der Waals surface area contributed by atoms with Crippen molar-refractivity contribution in [2.24, 2.45) is 0 Å². The minimum atomic E-state index is -0.0699. The van der Waals surface area contributed by atoms with Crippen LogP contribution in [0.5, 0.6) is 0 Å². The Balaban J connectivity index is 1.05. The molecule has 0 saturated carbocycles. The van der Waals surface area contributed by atoms with Crippen LogP contribution in [0.25, 0.3) is 27.8 Å². The van der Waals surface area contributed by atoms with Gasteiger partial charge < -0.3 is 9.80 Å². The third-order valence-electron chi connectivity index (χ3n) is 12.3. The molecule has 0 aromatic heterocycles. The fraction of sp³-hybridized carbons (Fsp3) is 0.148. The van der Waals surface area contributed by atoms with Gasteiger partial charge in [0.2, 0.25) is 0 Å². The molecular weight excluding hydrogens is 677 g/mol. The smallest absolute Gasteiger partial charge is 0.0465 e. The molecule has 2 aliphatic rings. The maximum absolute atomic E-state index is 2.40. The molecule has 0 fully saturated rings. The van der Waals surface area contributed by atoms with Gasteiger partial charge in [-0.1, -0.05) is 142 Å². The number of fused-ring (bicyclic) bond motifs is 4. The topological polar surface area (TPSA) is 6.48 Å². The fourth-order valence-electron chi connectivity index (χ4n) is 9.03. The molecule has 0 amide bonds. The standard InChI is InChI=1S/C54H48N2/c1-7-16-46-37(2)53(3,4)51-35-44(31-33-48(46)51)55(40-17-10-8-11-18-40)42-27-23-38(24-28-42)39-25-29-43(30-26-39)56(41-19-12-9-13-20-41)45-32-34-49-47-21-14-15-22-50(47)54(5,6)52(49)36-45/h7-36H,1-6H3. The Morgan fingerprint density at radius 2 is 0.804 bits per heavy atom. The minimum absolute atomic E-state index is 0.0440. The molecule has 0 N–H and O–H groups in total. The first-order valence-corrected chi connectivity index (χ1v) is 19.8. The highest BCUT2D eigenvalue weighted by Crippen LogP contribution is 2.51. The molecule has 0 heterocycles. The summed E-state index contributed by atoms with van der Waals surface area (Å²) in [4.78, 5) is 4.75. The quantitative estimate of drug-likeness (QED) is 0.154. The highest BCUT2D eigenvalue weighted by Gasteiger charge is 2.36. The summed E-state index contributed by atoms with van der Waals surface area (Å²) in [5.41, 5.74) is 20.0. The van der Waals surface area contributed by atoms with E-state index in [1.807, 2.05) is 0 Å². The highest BCUT2D eigenvalue weighted by atomic mass is 15.1. The van der Waals surface area contributed by atoms with E-state index < -0.39 is 0 Å². The second-order valence-corrected chi connectivity index (χ2v) is 16.2. The van der Waals surface area contributed by atoms with Crippen molar-refractivity contribution in [1.29, 1.82) is 0 Å². The van der Waals surface area contributed by atoms with Gasteiger partial charge in [0.15, 0.2) is 0 Å². The monoisotopic (exact) mass is 724 g/mol. The number of para-hydroxylation sites is 2. The number of hydrogen-bond donors (Lipinski definition) is 0. The Hall–Kier alpha value is -6.38. The summed E-state index contributed by atoms with van der Waals surface area (Å²) >= 11 is 0. The van der Waals surface area contributed by atoms with E-state index in [1.165, 1.54) is 55.7 Å². The van der Waals surface area contributed by atoms with Crippen molar-refractivity contribution < 1.29 is 0 Å². The zero-order chi connectivity index (χ0) is 38.6. The van der Waals surface area contributed by atoms with E-state index in [4.69, 9.17) is 0 Å². The molecule has 0 unspecified atom stereocenters. The molecule has 0 aliphatic heterocycles. The van der Waals surface area contributed by atoms with Crippen LogP contribution in [0.15, 0.2) is 188 Å². The van der Waals surface area contributed by atoms with Crippen LogP contribution in [0.2, 0.25) is 0 Å². The third-order valence-corrected chi connectivity index (χ3v) is 12.3. The van der Waals surface area contributed by atoms with Crippen LogP contribution in [0, 0.1) is 0 Å². The van der Waals surface area contributed by atoms with Gasteiger partial charge in [-0.2, -0.15) is 0 Å². The second-order valence-electron chi connectivity index (χ2n) is 16.2. The summed E-state index contributed by atoms with van der Waals surface area (Å²) in [5, 5.41) is 0. The molecule has 9 rings (SSSR count). The summed E-state index contributed by atoms with van der Waals surface area (Å²) < 4.78 is 0. The maximum atomic E-state index is 2.40. The minimum Gasteiger partial charge on any atom is -0.310 e. The van der Waals surface area contributed by atoms with Crippen LogP contribution < -0.4 is 9.80 Å². The summed E-state index contributed by atoms with van der Waals surface area (Å²) in [5.74, 6) is 0. The number of benzene rings is 7. The molecule has 7 aromatic carbocycles. The predicted molar refractivity (Wildman–Crippen MR) is 239 cm³/mol. The molecule has 56 heavy (non-hydrogen) atoms. The SMILES string of the molecule is CC=CC1=C(C)C(C)(C)c2cc(N(c3ccccc3)c3ccc(-c4ccc(N(c5ccccc5)c5ccc6c(c5)C(C)(C)c5ccccc5-6)cc4)cc3)ccc21. The van der Waals surface area contributed by atoms with Crippen molar-refractivity contribution in [2.75, 3.05) is 9.80 Å². The average molecular weight is 725 g/mol. The normalized spacial score (nSPS) is 14.8. The number of rotatable bonds is 8. The van der Waals surface area contributed by atoms with Crippen molar-refractivity contribution in [3.05, 3.63) is 210 Å². The lowest BCUT2D eigenvalue weighted by Crippen LogP contribution is -2.17. The van der Waals surface area contributed by atoms with E-state index in [2.05, 4.69) is 233 Å². The molecule has 2 heteroatoms. The van der Waals surface area contributed by atoms with Gasteiger partial charge in [-0.25, -0.2) is 0 Å². The van der Waals surface area contributed by atoms with Gasteiger partial charge in [-0.3, -0.25) is 0 Å².